The van der Waals surface area contributed by atoms with Gasteiger partial charge in [-0.05, 0) is 42.5 Å². The second kappa shape index (κ2) is 6.51. The van der Waals surface area contributed by atoms with E-state index in [-0.39, 0.29) is 16.6 Å². The molecule has 124 valence electrons. The lowest BCUT2D eigenvalue weighted by molar-refractivity contribution is 0.102. The first-order valence-corrected chi connectivity index (χ1v) is 9.94. The van der Waals surface area contributed by atoms with Gasteiger partial charge in [0.2, 0.25) is 0 Å². The topological polar surface area (TPSA) is 76.1 Å². The molecule has 1 heterocycles. The summed E-state index contributed by atoms with van der Waals surface area (Å²) in [6.07, 6.45) is 0. The number of hydrogen-bond acceptors (Lipinski definition) is 5. The van der Waals surface area contributed by atoms with Gasteiger partial charge in [-0.3, -0.25) is 10.1 Å². The number of sulfone groups is 1. The van der Waals surface area contributed by atoms with Gasteiger partial charge >= 0.3 is 0 Å². The lowest BCUT2D eigenvalue weighted by atomic mass is 10.2. The Morgan fingerprint density at radius 2 is 1.92 bits per heavy atom. The average Bonchev–Trinajstić information content (AvgIpc) is 2.96. The number of benzene rings is 2. The minimum atomic E-state index is -3.28. The molecule has 1 aromatic heterocycles. The molecular weight excluding hydrogens is 368 g/mol. The van der Waals surface area contributed by atoms with Crippen molar-refractivity contribution in [3.63, 3.8) is 0 Å². The van der Waals surface area contributed by atoms with Gasteiger partial charge in [0, 0.05) is 10.6 Å². The van der Waals surface area contributed by atoms with E-state index >= 15 is 0 Å². The zero-order valence-electron chi connectivity index (χ0n) is 12.6. The maximum absolute atomic E-state index is 12.3. The number of hydrogen-bond donors (Lipinski definition) is 1. The number of amides is 1. The highest BCUT2D eigenvalue weighted by atomic mass is 35.5. The first-order chi connectivity index (χ1) is 11.4. The van der Waals surface area contributed by atoms with Gasteiger partial charge in [0.05, 0.1) is 20.9 Å². The van der Waals surface area contributed by atoms with Crippen molar-refractivity contribution in [1.82, 2.24) is 4.98 Å². The molecule has 0 spiro atoms. The quantitative estimate of drug-likeness (QED) is 0.742. The molecule has 0 aliphatic rings. The zero-order valence-corrected chi connectivity index (χ0v) is 15.0. The van der Waals surface area contributed by atoms with E-state index in [2.05, 4.69) is 10.3 Å². The van der Waals surface area contributed by atoms with Gasteiger partial charge < -0.3 is 0 Å². The van der Waals surface area contributed by atoms with Crippen LogP contribution in [-0.2, 0) is 9.84 Å². The van der Waals surface area contributed by atoms with Crippen molar-refractivity contribution in [2.75, 3.05) is 11.1 Å². The van der Waals surface area contributed by atoms with Crippen molar-refractivity contribution in [3.8, 4) is 0 Å². The monoisotopic (exact) mass is 380 g/mol. The van der Waals surface area contributed by atoms with E-state index in [4.69, 9.17) is 11.6 Å². The van der Waals surface area contributed by atoms with Gasteiger partial charge in [0.15, 0.2) is 15.0 Å². The molecule has 0 saturated heterocycles. The Hall–Kier alpha value is -1.96. The van der Waals surface area contributed by atoms with Gasteiger partial charge in [-0.1, -0.05) is 29.9 Å². The van der Waals surface area contributed by atoms with Crippen LogP contribution in [0.15, 0.2) is 47.4 Å². The van der Waals surface area contributed by atoms with Crippen LogP contribution in [0, 0.1) is 0 Å². The number of thiazole rings is 1. The van der Waals surface area contributed by atoms with Gasteiger partial charge in [-0.25, -0.2) is 13.4 Å². The Morgan fingerprint density at radius 3 is 2.58 bits per heavy atom. The average molecular weight is 381 g/mol. The highest BCUT2D eigenvalue weighted by Gasteiger charge is 2.14. The molecule has 2 aromatic carbocycles. The SMILES string of the molecule is CCS(=O)(=O)c1ccc(C(=O)Nc2nc3ccc(Cl)cc3s2)cc1. The van der Waals surface area contributed by atoms with Crippen LogP contribution < -0.4 is 5.32 Å². The van der Waals surface area contributed by atoms with E-state index in [9.17, 15) is 13.2 Å². The summed E-state index contributed by atoms with van der Waals surface area (Å²) in [5.74, 6) is -0.326. The highest BCUT2D eigenvalue weighted by molar-refractivity contribution is 7.91. The van der Waals surface area contributed by atoms with E-state index < -0.39 is 9.84 Å². The third kappa shape index (κ3) is 3.43. The fourth-order valence-electron chi connectivity index (χ4n) is 2.10. The Balaban J connectivity index is 1.81. The Labute approximate surface area is 148 Å². The van der Waals surface area contributed by atoms with Crippen LogP contribution in [0.1, 0.15) is 17.3 Å². The van der Waals surface area contributed by atoms with Crippen LogP contribution in [-0.4, -0.2) is 25.1 Å². The minimum absolute atomic E-state index is 0.0206. The predicted molar refractivity (Wildman–Crippen MR) is 96.8 cm³/mol. The molecule has 0 aliphatic heterocycles. The summed E-state index contributed by atoms with van der Waals surface area (Å²) in [6.45, 7) is 1.58. The van der Waals surface area contributed by atoms with Crippen molar-refractivity contribution in [2.24, 2.45) is 0 Å². The Kier molecular flexibility index (Phi) is 4.58. The molecule has 1 amide bonds. The number of nitrogens with zero attached hydrogens (tertiary/aromatic N) is 1. The molecule has 3 aromatic rings. The Morgan fingerprint density at radius 1 is 1.21 bits per heavy atom. The molecule has 0 aliphatic carbocycles. The first-order valence-electron chi connectivity index (χ1n) is 7.09. The van der Waals surface area contributed by atoms with Crippen molar-refractivity contribution in [2.45, 2.75) is 11.8 Å². The second-order valence-electron chi connectivity index (χ2n) is 5.01. The first kappa shape index (κ1) is 16.9. The van der Waals surface area contributed by atoms with Crippen molar-refractivity contribution < 1.29 is 13.2 Å². The van der Waals surface area contributed by atoms with Crippen molar-refractivity contribution >= 4 is 54.0 Å². The van der Waals surface area contributed by atoms with E-state index in [0.29, 0.717) is 15.7 Å². The molecular formula is C16H13ClN2O3S2. The number of nitrogens with one attached hydrogen (secondary N) is 1. The lowest BCUT2D eigenvalue weighted by Gasteiger charge is -2.04. The van der Waals surface area contributed by atoms with Crippen LogP contribution in [0.2, 0.25) is 5.02 Å². The van der Waals surface area contributed by atoms with Gasteiger partial charge in [-0.15, -0.1) is 0 Å². The number of aromatic nitrogens is 1. The highest BCUT2D eigenvalue weighted by Crippen LogP contribution is 2.28. The predicted octanol–water partition coefficient (Wildman–Crippen LogP) is 4.00. The molecule has 0 unspecified atom stereocenters. The zero-order chi connectivity index (χ0) is 17.3. The normalized spacial score (nSPS) is 11.6. The van der Waals surface area contributed by atoms with Crippen molar-refractivity contribution in [3.05, 3.63) is 53.1 Å². The molecule has 0 saturated carbocycles. The van der Waals surface area contributed by atoms with Crippen LogP contribution >= 0.6 is 22.9 Å². The molecule has 0 fully saturated rings. The molecule has 1 N–H and O–H groups in total. The third-order valence-electron chi connectivity index (χ3n) is 3.43. The molecule has 0 bridgehead atoms. The fraction of sp³-hybridized carbons (Fsp3) is 0.125. The maximum atomic E-state index is 12.3. The van der Waals surface area contributed by atoms with E-state index in [1.54, 1.807) is 25.1 Å². The fourth-order valence-corrected chi connectivity index (χ4v) is 4.12. The number of anilines is 1. The van der Waals surface area contributed by atoms with Gasteiger partial charge in [0.25, 0.3) is 5.91 Å². The standard InChI is InChI=1S/C16H13ClN2O3S2/c1-2-24(21,22)12-6-3-10(4-7-12)15(20)19-16-18-13-8-5-11(17)9-14(13)23-16/h3-9H,2H2,1H3,(H,18,19,20). The summed E-state index contributed by atoms with van der Waals surface area (Å²) in [7, 11) is -3.28. The summed E-state index contributed by atoms with van der Waals surface area (Å²) in [6, 6.07) is 11.2. The molecule has 24 heavy (non-hydrogen) atoms. The number of rotatable bonds is 4. The number of carbonyl (C=O) groups is 1. The van der Waals surface area contributed by atoms with Gasteiger partial charge in [-0.2, -0.15) is 0 Å². The second-order valence-corrected chi connectivity index (χ2v) is 8.76. The summed E-state index contributed by atoms with van der Waals surface area (Å²) in [4.78, 5) is 16.8. The van der Waals surface area contributed by atoms with E-state index in [1.165, 1.54) is 35.6 Å². The number of carbonyl (C=O) groups excluding carboxylic acids is 1. The summed E-state index contributed by atoms with van der Waals surface area (Å²) in [5.41, 5.74) is 1.12. The molecule has 0 radical (unpaired) electrons. The van der Waals surface area contributed by atoms with E-state index in [0.717, 1.165) is 10.2 Å². The summed E-state index contributed by atoms with van der Waals surface area (Å²) >= 11 is 7.26. The number of halogens is 1. The van der Waals surface area contributed by atoms with Crippen LogP contribution in [0.4, 0.5) is 5.13 Å². The molecule has 0 atom stereocenters. The van der Waals surface area contributed by atoms with Gasteiger partial charge in [0.1, 0.15) is 0 Å². The minimum Gasteiger partial charge on any atom is -0.298 e. The smallest absolute Gasteiger partial charge is 0.257 e. The summed E-state index contributed by atoms with van der Waals surface area (Å²) < 4.78 is 24.4. The van der Waals surface area contributed by atoms with Crippen LogP contribution in [0.3, 0.4) is 0 Å². The molecule has 5 nitrogen and oxygen atoms in total. The third-order valence-corrected chi connectivity index (χ3v) is 6.35. The van der Waals surface area contributed by atoms with Crippen LogP contribution in [0.5, 0.6) is 0 Å². The number of fused-ring (bicyclic) bond motifs is 1. The van der Waals surface area contributed by atoms with Crippen LogP contribution in [0.25, 0.3) is 10.2 Å². The lowest BCUT2D eigenvalue weighted by Crippen LogP contribution is -2.12. The summed E-state index contributed by atoms with van der Waals surface area (Å²) in [5, 5.41) is 3.78. The molecule has 3 rings (SSSR count). The Bertz CT molecular complexity index is 1010. The van der Waals surface area contributed by atoms with Crippen molar-refractivity contribution in [1.29, 1.82) is 0 Å². The largest absolute Gasteiger partial charge is 0.298 e. The maximum Gasteiger partial charge on any atom is 0.257 e. The van der Waals surface area contributed by atoms with E-state index in [1.807, 2.05) is 0 Å². The molecule has 8 heteroatoms.